The van der Waals surface area contributed by atoms with Crippen molar-refractivity contribution in [3.05, 3.63) is 71.2 Å². The van der Waals surface area contributed by atoms with E-state index in [1.165, 1.54) is 11.3 Å². The molecule has 3 aromatic rings. The van der Waals surface area contributed by atoms with Crippen LogP contribution in [0.1, 0.15) is 28.9 Å². The molecule has 1 aliphatic rings. The number of amides is 2. The van der Waals surface area contributed by atoms with Crippen LogP contribution in [0.5, 0.6) is 0 Å². The summed E-state index contributed by atoms with van der Waals surface area (Å²) >= 11 is 1.53. The molecule has 4 rings (SSSR count). The molecule has 1 N–H and O–H groups in total. The Balaban J connectivity index is 1.39. The van der Waals surface area contributed by atoms with E-state index < -0.39 is 0 Å². The zero-order valence-corrected chi connectivity index (χ0v) is 16.2. The molecule has 1 aliphatic heterocycles. The van der Waals surface area contributed by atoms with Crippen LogP contribution in [-0.4, -0.2) is 34.8 Å². The summed E-state index contributed by atoms with van der Waals surface area (Å²) in [5, 5.41) is 5.70. The minimum atomic E-state index is -0.143. The van der Waals surface area contributed by atoms with Crippen molar-refractivity contribution >= 4 is 28.8 Å². The average molecular weight is 391 g/mol. The number of aromatic nitrogens is 1. The maximum atomic E-state index is 12.5. The molecule has 1 fully saturated rings. The predicted molar refractivity (Wildman–Crippen MR) is 111 cm³/mol. The molecule has 0 aliphatic carbocycles. The van der Waals surface area contributed by atoms with Crippen molar-refractivity contribution in [1.29, 1.82) is 0 Å². The lowest BCUT2D eigenvalue weighted by Crippen LogP contribution is -2.27. The Morgan fingerprint density at radius 1 is 1.04 bits per heavy atom. The van der Waals surface area contributed by atoms with Crippen molar-refractivity contribution in [3.8, 4) is 10.6 Å². The molecule has 28 heavy (non-hydrogen) atoms. The fourth-order valence-corrected chi connectivity index (χ4v) is 4.13. The summed E-state index contributed by atoms with van der Waals surface area (Å²) in [5.74, 6) is -0.115. The number of rotatable bonds is 5. The molecule has 0 unspecified atom stereocenters. The first kappa shape index (κ1) is 18.4. The van der Waals surface area contributed by atoms with E-state index >= 15 is 0 Å². The lowest BCUT2D eigenvalue weighted by Gasteiger charge is -2.15. The van der Waals surface area contributed by atoms with Gasteiger partial charge in [-0.3, -0.25) is 9.59 Å². The minimum Gasteiger partial charge on any atom is -0.339 e. The molecule has 2 amide bonds. The van der Waals surface area contributed by atoms with Crippen LogP contribution in [0.25, 0.3) is 10.6 Å². The van der Waals surface area contributed by atoms with E-state index in [2.05, 4.69) is 10.3 Å². The molecule has 1 aromatic heterocycles. The summed E-state index contributed by atoms with van der Waals surface area (Å²) in [6.07, 6.45) is 2.31. The fourth-order valence-electron chi connectivity index (χ4n) is 3.30. The van der Waals surface area contributed by atoms with Gasteiger partial charge < -0.3 is 10.2 Å². The first-order valence-corrected chi connectivity index (χ1v) is 10.3. The first-order chi connectivity index (χ1) is 13.7. The third-order valence-corrected chi connectivity index (χ3v) is 5.64. The van der Waals surface area contributed by atoms with Crippen LogP contribution >= 0.6 is 11.3 Å². The average Bonchev–Trinajstić information content (AvgIpc) is 3.40. The number of likely N-dealkylation sites (tertiary alicyclic amines) is 1. The van der Waals surface area contributed by atoms with E-state index in [-0.39, 0.29) is 18.2 Å². The molecule has 0 radical (unpaired) electrons. The van der Waals surface area contributed by atoms with Crippen molar-refractivity contribution in [2.45, 2.75) is 19.3 Å². The highest BCUT2D eigenvalue weighted by atomic mass is 32.1. The van der Waals surface area contributed by atoms with Crippen LogP contribution < -0.4 is 5.32 Å². The van der Waals surface area contributed by atoms with E-state index in [9.17, 15) is 9.59 Å². The monoisotopic (exact) mass is 391 g/mol. The summed E-state index contributed by atoms with van der Waals surface area (Å²) in [5.41, 5.74) is 3.03. The van der Waals surface area contributed by atoms with Crippen LogP contribution in [0, 0.1) is 0 Å². The Bertz CT molecular complexity index is 978. The Hall–Kier alpha value is -2.99. The molecular weight excluding hydrogens is 370 g/mol. The van der Waals surface area contributed by atoms with Crippen molar-refractivity contribution < 1.29 is 9.59 Å². The third kappa shape index (κ3) is 4.28. The second kappa shape index (κ2) is 8.35. The smallest absolute Gasteiger partial charge is 0.253 e. The molecule has 2 aromatic carbocycles. The first-order valence-electron chi connectivity index (χ1n) is 9.38. The fraction of sp³-hybridized carbons (Fsp3) is 0.227. The Morgan fingerprint density at radius 3 is 2.61 bits per heavy atom. The van der Waals surface area contributed by atoms with Crippen LogP contribution in [-0.2, 0) is 11.2 Å². The number of nitrogens with zero attached hydrogens (tertiary/aromatic N) is 2. The van der Waals surface area contributed by atoms with Gasteiger partial charge in [-0.15, -0.1) is 11.3 Å². The minimum absolute atomic E-state index is 0.0283. The van der Waals surface area contributed by atoms with Crippen LogP contribution in [0.3, 0.4) is 0 Å². The summed E-state index contributed by atoms with van der Waals surface area (Å²) in [6, 6.07) is 17.1. The second-order valence-electron chi connectivity index (χ2n) is 6.82. The van der Waals surface area contributed by atoms with Gasteiger partial charge in [0, 0.05) is 35.3 Å². The van der Waals surface area contributed by atoms with Gasteiger partial charge in [0.05, 0.1) is 12.1 Å². The van der Waals surface area contributed by atoms with E-state index in [1.807, 2.05) is 40.6 Å². The largest absolute Gasteiger partial charge is 0.339 e. The van der Waals surface area contributed by atoms with E-state index in [0.29, 0.717) is 11.3 Å². The molecule has 142 valence electrons. The van der Waals surface area contributed by atoms with Gasteiger partial charge in [-0.2, -0.15) is 0 Å². The molecular formula is C22H21N3O2S. The number of hydrogen-bond donors (Lipinski definition) is 1. The Labute approximate surface area is 168 Å². The van der Waals surface area contributed by atoms with Crippen LogP contribution in [0.15, 0.2) is 60.0 Å². The van der Waals surface area contributed by atoms with Gasteiger partial charge in [0.25, 0.3) is 5.91 Å². The highest BCUT2D eigenvalue weighted by Crippen LogP contribution is 2.23. The quantitative estimate of drug-likeness (QED) is 0.708. The topological polar surface area (TPSA) is 62.3 Å². The summed E-state index contributed by atoms with van der Waals surface area (Å²) in [6.45, 7) is 1.62. The van der Waals surface area contributed by atoms with Crippen LogP contribution in [0.2, 0.25) is 0 Å². The van der Waals surface area contributed by atoms with Gasteiger partial charge in [0.2, 0.25) is 5.91 Å². The van der Waals surface area contributed by atoms with Crippen molar-refractivity contribution in [1.82, 2.24) is 9.88 Å². The number of anilines is 1. The molecule has 0 spiro atoms. The highest BCUT2D eigenvalue weighted by Gasteiger charge is 2.19. The SMILES string of the molecule is O=C(Cc1csc(-c2ccccc2)n1)Nc1cccc(C(=O)N2CCCC2)c1. The summed E-state index contributed by atoms with van der Waals surface area (Å²) < 4.78 is 0. The van der Waals surface area contributed by atoms with Crippen molar-refractivity contribution in [2.75, 3.05) is 18.4 Å². The maximum absolute atomic E-state index is 12.5. The predicted octanol–water partition coefficient (Wildman–Crippen LogP) is 4.23. The van der Waals surface area contributed by atoms with Gasteiger partial charge in [0.15, 0.2) is 0 Å². The molecule has 0 saturated carbocycles. The molecule has 2 heterocycles. The van der Waals surface area contributed by atoms with Gasteiger partial charge >= 0.3 is 0 Å². The van der Waals surface area contributed by atoms with Gasteiger partial charge in [-0.25, -0.2) is 4.98 Å². The summed E-state index contributed by atoms with van der Waals surface area (Å²) in [4.78, 5) is 31.4. The standard InChI is InChI=1S/C22H21N3O2S/c26-20(14-19-15-28-21(24-19)16-7-2-1-3-8-16)23-18-10-6-9-17(13-18)22(27)25-11-4-5-12-25/h1-3,6-10,13,15H,4-5,11-12,14H2,(H,23,26). The lowest BCUT2D eigenvalue weighted by atomic mass is 10.1. The van der Waals surface area contributed by atoms with Gasteiger partial charge in [0.1, 0.15) is 5.01 Å². The zero-order valence-electron chi connectivity index (χ0n) is 15.4. The molecule has 0 atom stereocenters. The number of benzene rings is 2. The maximum Gasteiger partial charge on any atom is 0.253 e. The zero-order chi connectivity index (χ0) is 19.3. The molecule has 1 saturated heterocycles. The van der Waals surface area contributed by atoms with Crippen molar-refractivity contribution in [2.24, 2.45) is 0 Å². The number of carbonyl (C=O) groups excluding carboxylic acids is 2. The van der Waals surface area contributed by atoms with Gasteiger partial charge in [-0.1, -0.05) is 36.4 Å². The highest BCUT2D eigenvalue weighted by molar-refractivity contribution is 7.13. The second-order valence-corrected chi connectivity index (χ2v) is 7.67. The number of nitrogens with one attached hydrogen (secondary N) is 1. The molecule has 0 bridgehead atoms. The third-order valence-electron chi connectivity index (χ3n) is 4.70. The lowest BCUT2D eigenvalue weighted by molar-refractivity contribution is -0.115. The van der Waals surface area contributed by atoms with E-state index in [4.69, 9.17) is 0 Å². The Morgan fingerprint density at radius 2 is 1.82 bits per heavy atom. The van der Waals surface area contributed by atoms with Crippen molar-refractivity contribution in [3.63, 3.8) is 0 Å². The Kier molecular flexibility index (Phi) is 5.48. The summed E-state index contributed by atoms with van der Waals surface area (Å²) in [7, 11) is 0. The number of carbonyl (C=O) groups is 2. The molecule has 5 nitrogen and oxygen atoms in total. The molecule has 6 heteroatoms. The number of thiazole rings is 1. The normalized spacial score (nSPS) is 13.5. The van der Waals surface area contributed by atoms with E-state index in [1.54, 1.807) is 24.3 Å². The van der Waals surface area contributed by atoms with Gasteiger partial charge in [-0.05, 0) is 31.0 Å². The number of hydrogen-bond acceptors (Lipinski definition) is 4. The van der Waals surface area contributed by atoms with E-state index in [0.717, 1.165) is 42.2 Å². The van der Waals surface area contributed by atoms with Crippen LogP contribution in [0.4, 0.5) is 5.69 Å².